The molecule has 1 aliphatic rings. The lowest BCUT2D eigenvalue weighted by molar-refractivity contribution is -0.390. The summed E-state index contributed by atoms with van der Waals surface area (Å²) in [6.07, 6.45) is 3.83. The summed E-state index contributed by atoms with van der Waals surface area (Å²) in [6.45, 7) is 1.66. The third-order valence-corrected chi connectivity index (χ3v) is 2.03. The summed E-state index contributed by atoms with van der Waals surface area (Å²) in [5.74, 6) is 0.517. The van der Waals surface area contributed by atoms with Crippen molar-refractivity contribution in [2.75, 3.05) is 0 Å². The van der Waals surface area contributed by atoms with Crippen molar-refractivity contribution in [1.29, 1.82) is 0 Å². The lowest BCUT2D eigenvalue weighted by Crippen LogP contribution is -1.99. The van der Waals surface area contributed by atoms with E-state index in [9.17, 15) is 10.1 Å². The van der Waals surface area contributed by atoms with E-state index in [1.54, 1.807) is 13.0 Å². The second-order valence-electron chi connectivity index (χ2n) is 3.39. The van der Waals surface area contributed by atoms with Crippen LogP contribution in [0, 0.1) is 17.0 Å². The highest BCUT2D eigenvalue weighted by atomic mass is 16.6. The van der Waals surface area contributed by atoms with Crippen molar-refractivity contribution < 1.29 is 9.66 Å². The van der Waals surface area contributed by atoms with Crippen LogP contribution in [-0.4, -0.2) is 16.0 Å². The van der Waals surface area contributed by atoms with Crippen LogP contribution < -0.4 is 4.74 Å². The molecule has 0 saturated heterocycles. The predicted molar refractivity (Wildman–Crippen MR) is 49.3 cm³/mol. The zero-order valence-electron chi connectivity index (χ0n) is 7.77. The topological polar surface area (TPSA) is 65.3 Å². The molecule has 1 heterocycles. The second-order valence-corrected chi connectivity index (χ2v) is 3.39. The average molecular weight is 194 g/mol. The molecule has 1 saturated carbocycles. The molecular weight excluding hydrogens is 184 g/mol. The fourth-order valence-electron chi connectivity index (χ4n) is 1.18. The molecule has 14 heavy (non-hydrogen) atoms. The van der Waals surface area contributed by atoms with Crippen molar-refractivity contribution in [2.24, 2.45) is 0 Å². The van der Waals surface area contributed by atoms with Gasteiger partial charge in [0.2, 0.25) is 0 Å². The molecule has 0 atom stereocenters. The van der Waals surface area contributed by atoms with Gasteiger partial charge in [0.15, 0.2) is 11.9 Å². The minimum absolute atomic E-state index is 0.104. The van der Waals surface area contributed by atoms with Gasteiger partial charge in [-0.25, -0.2) is 0 Å². The Bertz CT molecular complexity index is 374. The fourth-order valence-corrected chi connectivity index (χ4v) is 1.18. The zero-order chi connectivity index (χ0) is 10.1. The molecule has 5 heteroatoms. The molecule has 1 aromatic heterocycles. The van der Waals surface area contributed by atoms with Crippen molar-refractivity contribution >= 4 is 5.82 Å². The van der Waals surface area contributed by atoms with E-state index in [1.807, 2.05) is 0 Å². The standard InChI is InChI=1S/C9H10N2O3/c1-6-4-8(14-7-2-3-7)5-10-9(6)11(12)13/h4-5,7H,2-3H2,1H3. The summed E-state index contributed by atoms with van der Waals surface area (Å²) in [4.78, 5) is 13.7. The van der Waals surface area contributed by atoms with Gasteiger partial charge in [0.25, 0.3) is 0 Å². The molecule has 2 rings (SSSR count). The highest BCUT2D eigenvalue weighted by Gasteiger charge is 2.24. The van der Waals surface area contributed by atoms with Gasteiger partial charge in [-0.05, 0) is 35.7 Å². The number of hydrogen-bond donors (Lipinski definition) is 0. The number of nitro groups is 1. The molecule has 0 amide bonds. The van der Waals surface area contributed by atoms with Crippen molar-refractivity contribution in [3.05, 3.63) is 27.9 Å². The number of hydrogen-bond acceptors (Lipinski definition) is 4. The van der Waals surface area contributed by atoms with Gasteiger partial charge < -0.3 is 14.9 Å². The van der Waals surface area contributed by atoms with E-state index in [0.29, 0.717) is 11.3 Å². The van der Waals surface area contributed by atoms with Crippen molar-refractivity contribution in [3.8, 4) is 5.75 Å². The SMILES string of the molecule is Cc1cc(OC2CC2)cnc1[N+](=O)[O-]. The normalized spacial score (nSPS) is 15.2. The van der Waals surface area contributed by atoms with Gasteiger partial charge in [-0.3, -0.25) is 0 Å². The second kappa shape index (κ2) is 3.25. The van der Waals surface area contributed by atoms with E-state index >= 15 is 0 Å². The van der Waals surface area contributed by atoms with Crippen LogP contribution in [0.5, 0.6) is 5.75 Å². The van der Waals surface area contributed by atoms with Crippen LogP contribution in [0.3, 0.4) is 0 Å². The number of rotatable bonds is 3. The maximum atomic E-state index is 10.5. The first kappa shape index (κ1) is 8.93. The molecule has 0 bridgehead atoms. The van der Waals surface area contributed by atoms with Gasteiger partial charge in [0, 0.05) is 0 Å². The van der Waals surface area contributed by atoms with Crippen LogP contribution in [0.2, 0.25) is 0 Å². The quantitative estimate of drug-likeness (QED) is 0.544. The van der Waals surface area contributed by atoms with Crippen molar-refractivity contribution in [3.63, 3.8) is 0 Å². The molecule has 1 fully saturated rings. The van der Waals surface area contributed by atoms with E-state index in [-0.39, 0.29) is 11.9 Å². The van der Waals surface area contributed by atoms with Gasteiger partial charge in [-0.2, -0.15) is 0 Å². The molecule has 0 N–H and O–H groups in total. The summed E-state index contributed by atoms with van der Waals surface area (Å²) in [7, 11) is 0. The lowest BCUT2D eigenvalue weighted by atomic mass is 10.3. The van der Waals surface area contributed by atoms with Crippen LogP contribution in [0.25, 0.3) is 0 Å². The number of nitrogens with zero attached hydrogens (tertiary/aromatic N) is 2. The first-order valence-electron chi connectivity index (χ1n) is 4.44. The Morgan fingerprint density at radius 1 is 1.64 bits per heavy atom. The molecule has 0 radical (unpaired) electrons. The summed E-state index contributed by atoms with van der Waals surface area (Å²) in [6, 6.07) is 1.66. The van der Waals surface area contributed by atoms with Gasteiger partial charge in [0.05, 0.1) is 11.7 Å². The van der Waals surface area contributed by atoms with E-state index in [4.69, 9.17) is 4.74 Å². The van der Waals surface area contributed by atoms with Gasteiger partial charge in [-0.15, -0.1) is 0 Å². The molecule has 74 valence electrons. The van der Waals surface area contributed by atoms with E-state index < -0.39 is 4.92 Å². The van der Waals surface area contributed by atoms with Gasteiger partial charge in [0.1, 0.15) is 0 Å². The molecule has 0 aromatic carbocycles. The van der Waals surface area contributed by atoms with Crippen molar-refractivity contribution in [1.82, 2.24) is 4.98 Å². The number of ether oxygens (including phenoxy) is 1. The highest BCUT2D eigenvalue weighted by molar-refractivity contribution is 5.36. The van der Waals surface area contributed by atoms with Crippen LogP contribution in [0.15, 0.2) is 12.3 Å². The number of aromatic nitrogens is 1. The smallest absolute Gasteiger partial charge is 0.366 e. The summed E-state index contributed by atoms with van der Waals surface area (Å²) >= 11 is 0. The Labute approximate surface area is 80.9 Å². The third kappa shape index (κ3) is 1.81. The van der Waals surface area contributed by atoms with Crippen LogP contribution in [0.4, 0.5) is 5.82 Å². The van der Waals surface area contributed by atoms with E-state index in [0.717, 1.165) is 12.8 Å². The van der Waals surface area contributed by atoms with Gasteiger partial charge >= 0.3 is 5.82 Å². The van der Waals surface area contributed by atoms with Crippen LogP contribution in [-0.2, 0) is 0 Å². The molecule has 1 aliphatic carbocycles. The zero-order valence-corrected chi connectivity index (χ0v) is 7.77. The Kier molecular flexibility index (Phi) is 2.07. The van der Waals surface area contributed by atoms with Gasteiger partial charge in [-0.1, -0.05) is 0 Å². The predicted octanol–water partition coefficient (Wildman–Crippen LogP) is 1.84. The van der Waals surface area contributed by atoms with Crippen LogP contribution in [0.1, 0.15) is 18.4 Å². The minimum Gasteiger partial charge on any atom is -0.486 e. The Balaban J connectivity index is 2.20. The average Bonchev–Trinajstić information content (AvgIpc) is 2.87. The minimum atomic E-state index is -0.490. The summed E-state index contributed by atoms with van der Waals surface area (Å²) < 4.78 is 5.46. The molecule has 5 nitrogen and oxygen atoms in total. The maximum absolute atomic E-state index is 10.5. The monoisotopic (exact) mass is 194 g/mol. The first-order valence-corrected chi connectivity index (χ1v) is 4.44. The number of aryl methyl sites for hydroxylation is 1. The lowest BCUT2D eigenvalue weighted by Gasteiger charge is -2.02. The molecule has 0 spiro atoms. The van der Waals surface area contributed by atoms with Crippen LogP contribution >= 0.6 is 0 Å². The molecule has 1 aromatic rings. The molecule has 0 aliphatic heterocycles. The number of pyridine rings is 1. The maximum Gasteiger partial charge on any atom is 0.366 e. The molecule has 0 unspecified atom stereocenters. The fraction of sp³-hybridized carbons (Fsp3) is 0.444. The van der Waals surface area contributed by atoms with E-state index in [2.05, 4.69) is 4.98 Å². The highest BCUT2D eigenvalue weighted by Crippen LogP contribution is 2.28. The third-order valence-electron chi connectivity index (χ3n) is 2.03. The Hall–Kier alpha value is -1.65. The largest absolute Gasteiger partial charge is 0.486 e. The van der Waals surface area contributed by atoms with Crippen molar-refractivity contribution in [2.45, 2.75) is 25.9 Å². The summed E-state index contributed by atoms with van der Waals surface area (Å²) in [5.41, 5.74) is 0.535. The Morgan fingerprint density at radius 2 is 2.36 bits per heavy atom. The summed E-state index contributed by atoms with van der Waals surface area (Å²) in [5, 5.41) is 10.5. The first-order chi connectivity index (χ1) is 6.66. The Morgan fingerprint density at radius 3 is 2.86 bits per heavy atom. The molecular formula is C9H10N2O3. The van der Waals surface area contributed by atoms with E-state index in [1.165, 1.54) is 6.20 Å².